The van der Waals surface area contributed by atoms with Gasteiger partial charge in [0.05, 0.1) is 12.1 Å². The molecular weight excluding hydrogens is 290 g/mol. The Bertz CT molecular complexity index is 610. The second-order valence-corrected chi connectivity index (χ2v) is 6.43. The monoisotopic (exact) mass is 313 g/mol. The average Bonchev–Trinajstić information content (AvgIpc) is 2.56. The van der Waals surface area contributed by atoms with Crippen molar-refractivity contribution in [2.45, 2.75) is 44.2 Å². The minimum Gasteiger partial charge on any atom is -0.388 e. The Morgan fingerprint density at radius 1 is 0.957 bits per heavy atom. The van der Waals surface area contributed by atoms with Crippen molar-refractivity contribution in [1.29, 1.82) is 0 Å². The maximum Gasteiger partial charge on any atom is 0.115 e. The Labute approximate surface area is 136 Å². The van der Waals surface area contributed by atoms with Crippen molar-refractivity contribution in [2.24, 2.45) is 0 Å². The molecule has 1 fully saturated rings. The molecule has 1 aromatic heterocycles. The fourth-order valence-electron chi connectivity index (χ4n) is 3.23. The van der Waals surface area contributed by atoms with E-state index >= 15 is 0 Å². The lowest BCUT2D eigenvalue weighted by molar-refractivity contribution is -0.154. The van der Waals surface area contributed by atoms with Gasteiger partial charge < -0.3 is 10.3 Å². The Morgan fingerprint density at radius 2 is 1.61 bits per heavy atom. The Kier molecular flexibility index (Phi) is 5.00. The molecule has 5 heteroatoms. The minimum absolute atomic E-state index is 0.307. The molecule has 0 spiro atoms. The molecule has 2 N–H and O–H groups in total. The summed E-state index contributed by atoms with van der Waals surface area (Å²) in [5.74, 6) is 0. The standard InChI is InChI=1S/C18H23N3O2/c22-18(8-2-1-3-9-18)13-21(23)12-15-4-6-16(7-5-15)17-10-19-14-20-11-17/h4-7,10-11,14,22-23H,1-3,8-9,12-13H2. The van der Waals surface area contributed by atoms with E-state index in [-0.39, 0.29) is 0 Å². The number of hydrogen-bond acceptors (Lipinski definition) is 5. The third-order valence-corrected chi connectivity index (χ3v) is 4.47. The van der Waals surface area contributed by atoms with Gasteiger partial charge in [-0.3, -0.25) is 0 Å². The first-order valence-corrected chi connectivity index (χ1v) is 8.15. The third-order valence-electron chi connectivity index (χ3n) is 4.47. The highest BCUT2D eigenvalue weighted by Gasteiger charge is 2.31. The first-order valence-electron chi connectivity index (χ1n) is 8.15. The van der Waals surface area contributed by atoms with Crippen molar-refractivity contribution in [1.82, 2.24) is 15.0 Å². The molecule has 1 aliphatic rings. The van der Waals surface area contributed by atoms with Crippen LogP contribution in [0.2, 0.25) is 0 Å². The quantitative estimate of drug-likeness (QED) is 0.830. The number of hydrogen-bond donors (Lipinski definition) is 2. The molecule has 0 atom stereocenters. The van der Waals surface area contributed by atoms with Crippen LogP contribution in [0.4, 0.5) is 0 Å². The SMILES string of the molecule is ON(Cc1ccc(-c2cncnc2)cc1)CC1(O)CCCCC1. The predicted molar refractivity (Wildman–Crippen MR) is 87.7 cm³/mol. The Morgan fingerprint density at radius 3 is 2.26 bits per heavy atom. The van der Waals surface area contributed by atoms with Gasteiger partial charge in [0.25, 0.3) is 0 Å². The zero-order chi connectivity index (χ0) is 16.1. The molecule has 1 aliphatic carbocycles. The van der Waals surface area contributed by atoms with Crippen LogP contribution in [0.5, 0.6) is 0 Å². The van der Waals surface area contributed by atoms with Crippen molar-refractivity contribution in [2.75, 3.05) is 6.54 Å². The van der Waals surface area contributed by atoms with Crippen LogP contribution in [-0.2, 0) is 6.54 Å². The average molecular weight is 313 g/mol. The topological polar surface area (TPSA) is 69.5 Å². The Hall–Kier alpha value is -1.82. The summed E-state index contributed by atoms with van der Waals surface area (Å²) in [4.78, 5) is 8.03. The van der Waals surface area contributed by atoms with Gasteiger partial charge in [-0.15, -0.1) is 0 Å². The highest BCUT2D eigenvalue weighted by Crippen LogP contribution is 2.29. The number of benzene rings is 1. The molecule has 2 aromatic rings. The summed E-state index contributed by atoms with van der Waals surface area (Å²) in [6.45, 7) is 0.717. The fraction of sp³-hybridized carbons (Fsp3) is 0.444. The number of aromatic nitrogens is 2. The predicted octanol–water partition coefficient (Wildman–Crippen LogP) is 3.03. The van der Waals surface area contributed by atoms with Crippen molar-refractivity contribution < 1.29 is 10.3 Å². The van der Waals surface area contributed by atoms with Crippen molar-refractivity contribution in [3.8, 4) is 11.1 Å². The lowest BCUT2D eigenvalue weighted by atomic mass is 9.85. The van der Waals surface area contributed by atoms with E-state index in [1.807, 2.05) is 24.3 Å². The summed E-state index contributed by atoms with van der Waals surface area (Å²) in [5, 5.41) is 21.9. The largest absolute Gasteiger partial charge is 0.388 e. The molecule has 1 saturated carbocycles. The zero-order valence-electron chi connectivity index (χ0n) is 13.2. The van der Waals surface area contributed by atoms with E-state index in [1.165, 1.54) is 17.8 Å². The van der Waals surface area contributed by atoms with Gasteiger partial charge in [-0.05, 0) is 24.0 Å². The molecule has 0 radical (unpaired) electrons. The first-order chi connectivity index (χ1) is 11.1. The molecule has 5 nitrogen and oxygen atoms in total. The second-order valence-electron chi connectivity index (χ2n) is 6.43. The first kappa shape index (κ1) is 16.1. The molecule has 23 heavy (non-hydrogen) atoms. The smallest absolute Gasteiger partial charge is 0.115 e. The van der Waals surface area contributed by atoms with Gasteiger partial charge in [-0.1, -0.05) is 43.5 Å². The van der Waals surface area contributed by atoms with Gasteiger partial charge in [0.15, 0.2) is 0 Å². The van der Waals surface area contributed by atoms with Crippen LogP contribution >= 0.6 is 0 Å². The van der Waals surface area contributed by atoms with Gasteiger partial charge in [0, 0.05) is 24.5 Å². The van der Waals surface area contributed by atoms with Gasteiger partial charge in [-0.25, -0.2) is 9.97 Å². The van der Waals surface area contributed by atoms with Gasteiger partial charge in [0.2, 0.25) is 0 Å². The van der Waals surface area contributed by atoms with Crippen LogP contribution in [0, 0.1) is 0 Å². The van der Waals surface area contributed by atoms with Crippen molar-refractivity contribution in [3.63, 3.8) is 0 Å². The van der Waals surface area contributed by atoms with Crippen LogP contribution in [0.25, 0.3) is 11.1 Å². The van der Waals surface area contributed by atoms with E-state index in [9.17, 15) is 10.3 Å². The van der Waals surface area contributed by atoms with Crippen molar-refractivity contribution in [3.05, 3.63) is 48.5 Å². The molecule has 1 heterocycles. The lowest BCUT2D eigenvalue weighted by Crippen LogP contribution is -2.42. The Balaban J connectivity index is 1.59. The van der Waals surface area contributed by atoms with Crippen LogP contribution in [0.15, 0.2) is 43.0 Å². The molecule has 122 valence electrons. The fourth-order valence-corrected chi connectivity index (χ4v) is 3.23. The molecule has 0 amide bonds. The van der Waals surface area contributed by atoms with E-state index in [0.717, 1.165) is 42.4 Å². The van der Waals surface area contributed by atoms with E-state index in [1.54, 1.807) is 12.4 Å². The van der Waals surface area contributed by atoms with E-state index in [4.69, 9.17) is 0 Å². The summed E-state index contributed by atoms with van der Waals surface area (Å²) in [6, 6.07) is 7.96. The van der Waals surface area contributed by atoms with E-state index < -0.39 is 5.60 Å². The number of hydroxylamine groups is 2. The molecule has 0 bridgehead atoms. The van der Waals surface area contributed by atoms with Gasteiger partial charge in [-0.2, -0.15) is 5.06 Å². The number of rotatable bonds is 5. The summed E-state index contributed by atoms with van der Waals surface area (Å²) >= 11 is 0. The van der Waals surface area contributed by atoms with Crippen molar-refractivity contribution >= 4 is 0 Å². The normalized spacial score (nSPS) is 17.3. The lowest BCUT2D eigenvalue weighted by Gasteiger charge is -2.34. The molecular formula is C18H23N3O2. The highest BCUT2D eigenvalue weighted by molar-refractivity contribution is 5.61. The van der Waals surface area contributed by atoms with Gasteiger partial charge >= 0.3 is 0 Å². The molecule has 0 saturated heterocycles. The maximum atomic E-state index is 10.5. The maximum absolute atomic E-state index is 10.5. The molecule has 0 aliphatic heterocycles. The second kappa shape index (κ2) is 7.17. The summed E-state index contributed by atoms with van der Waals surface area (Å²) in [6.07, 6.45) is 9.87. The molecule has 0 unspecified atom stereocenters. The minimum atomic E-state index is -0.742. The zero-order valence-corrected chi connectivity index (χ0v) is 13.2. The molecule has 1 aromatic carbocycles. The van der Waals surface area contributed by atoms with Gasteiger partial charge in [0.1, 0.15) is 6.33 Å². The summed E-state index contributed by atoms with van der Waals surface area (Å²) in [5.41, 5.74) is 2.28. The number of aliphatic hydroxyl groups is 1. The van der Waals surface area contributed by atoms with Crippen LogP contribution in [0.1, 0.15) is 37.7 Å². The number of nitrogens with zero attached hydrogens (tertiary/aromatic N) is 3. The van der Waals surface area contributed by atoms with Crippen LogP contribution in [-0.4, -0.2) is 37.5 Å². The summed E-state index contributed by atoms with van der Waals surface area (Å²) in [7, 11) is 0. The highest BCUT2D eigenvalue weighted by atomic mass is 16.5. The van der Waals surface area contributed by atoms with Crippen LogP contribution < -0.4 is 0 Å². The van der Waals surface area contributed by atoms with Crippen LogP contribution in [0.3, 0.4) is 0 Å². The van der Waals surface area contributed by atoms with E-state index in [0.29, 0.717) is 13.1 Å². The summed E-state index contributed by atoms with van der Waals surface area (Å²) < 4.78 is 0. The van der Waals surface area contributed by atoms with E-state index in [2.05, 4.69) is 9.97 Å². The third kappa shape index (κ3) is 4.34. The molecule has 3 rings (SSSR count).